The number of ether oxygens (including phenoxy) is 1. The van der Waals surface area contributed by atoms with Crippen molar-refractivity contribution in [2.75, 3.05) is 19.8 Å². The number of carbonyl (C=O) groups excluding carboxylic acids is 2. The van der Waals surface area contributed by atoms with E-state index >= 15 is 0 Å². The molecule has 2 N–H and O–H groups in total. The van der Waals surface area contributed by atoms with Crippen LogP contribution in [0.25, 0.3) is 12.2 Å². The fourth-order valence-electron chi connectivity index (χ4n) is 3.22. The van der Waals surface area contributed by atoms with Crippen molar-refractivity contribution in [3.63, 3.8) is 0 Å². The van der Waals surface area contributed by atoms with E-state index in [0.29, 0.717) is 37.2 Å². The maximum absolute atomic E-state index is 13.0. The summed E-state index contributed by atoms with van der Waals surface area (Å²) < 4.78 is 31.4. The van der Waals surface area contributed by atoms with Gasteiger partial charge >= 0.3 is 0 Å². The van der Waals surface area contributed by atoms with Crippen LogP contribution in [0.2, 0.25) is 0 Å². The molecule has 1 aliphatic heterocycles. The fraction of sp³-hybridized carbons (Fsp3) is 0.250. The summed E-state index contributed by atoms with van der Waals surface area (Å²) >= 11 is 0. The molecule has 1 saturated heterocycles. The number of carbonyl (C=O) groups is 2. The zero-order valence-electron chi connectivity index (χ0n) is 16.9. The molecule has 0 radical (unpaired) electrons. The van der Waals surface area contributed by atoms with Gasteiger partial charge in [0, 0.05) is 31.9 Å². The van der Waals surface area contributed by atoms with E-state index in [1.807, 2.05) is 0 Å². The highest BCUT2D eigenvalue weighted by atomic mass is 19.1. The minimum atomic E-state index is -0.623. The molecular formula is C24H24F2N2O3. The Morgan fingerprint density at radius 2 is 1.32 bits per heavy atom. The van der Waals surface area contributed by atoms with Crippen molar-refractivity contribution in [2.45, 2.75) is 18.4 Å². The molecule has 1 fully saturated rings. The fourth-order valence-corrected chi connectivity index (χ4v) is 3.22. The van der Waals surface area contributed by atoms with Crippen molar-refractivity contribution in [3.05, 3.63) is 83.4 Å². The Morgan fingerprint density at radius 1 is 0.839 bits per heavy atom. The number of nitrogens with one attached hydrogen (secondary N) is 2. The Labute approximate surface area is 179 Å². The van der Waals surface area contributed by atoms with Gasteiger partial charge in [0.1, 0.15) is 11.6 Å². The zero-order valence-corrected chi connectivity index (χ0v) is 16.9. The molecule has 3 rings (SSSR count). The van der Waals surface area contributed by atoms with Gasteiger partial charge in [-0.15, -0.1) is 0 Å². The van der Waals surface area contributed by atoms with E-state index in [1.165, 1.54) is 36.4 Å². The first kappa shape index (κ1) is 22.4. The van der Waals surface area contributed by atoms with Gasteiger partial charge in [-0.05, 0) is 60.4 Å². The number of halogens is 2. The van der Waals surface area contributed by atoms with E-state index in [2.05, 4.69) is 10.6 Å². The third-order valence-electron chi connectivity index (χ3n) is 5.03. The molecule has 0 atom stereocenters. The second kappa shape index (κ2) is 10.6. The molecule has 0 aromatic heterocycles. The van der Waals surface area contributed by atoms with Crippen molar-refractivity contribution in [2.24, 2.45) is 0 Å². The SMILES string of the molecule is O=C(C=Cc1ccc(F)cc1)NCC1(NC(=O)C=Cc2ccc(F)cc2)CCOCC1. The van der Waals surface area contributed by atoms with Crippen molar-refractivity contribution in [1.82, 2.24) is 10.6 Å². The van der Waals surface area contributed by atoms with Crippen molar-refractivity contribution in [3.8, 4) is 0 Å². The summed E-state index contributed by atoms with van der Waals surface area (Å²) in [4.78, 5) is 24.7. The predicted molar refractivity (Wildman–Crippen MR) is 115 cm³/mol. The Balaban J connectivity index is 1.58. The van der Waals surface area contributed by atoms with Crippen LogP contribution in [0.15, 0.2) is 60.7 Å². The predicted octanol–water partition coefficient (Wildman–Crippen LogP) is 3.47. The minimum Gasteiger partial charge on any atom is -0.381 e. The second-order valence-electron chi connectivity index (χ2n) is 7.37. The number of hydrogen-bond acceptors (Lipinski definition) is 3. The molecular weight excluding hydrogens is 402 g/mol. The van der Waals surface area contributed by atoms with Gasteiger partial charge in [0.2, 0.25) is 11.8 Å². The number of rotatable bonds is 7. The molecule has 2 aromatic carbocycles. The highest BCUT2D eigenvalue weighted by Gasteiger charge is 2.33. The van der Waals surface area contributed by atoms with Crippen molar-refractivity contribution < 1.29 is 23.1 Å². The smallest absolute Gasteiger partial charge is 0.244 e. The number of amides is 2. The highest BCUT2D eigenvalue weighted by Crippen LogP contribution is 2.20. The van der Waals surface area contributed by atoms with Crippen molar-refractivity contribution >= 4 is 24.0 Å². The van der Waals surface area contributed by atoms with Crippen LogP contribution in [0.1, 0.15) is 24.0 Å². The molecule has 0 bridgehead atoms. The lowest BCUT2D eigenvalue weighted by molar-refractivity contribution is -0.121. The third kappa shape index (κ3) is 7.15. The van der Waals surface area contributed by atoms with Crippen molar-refractivity contribution in [1.29, 1.82) is 0 Å². The second-order valence-corrected chi connectivity index (χ2v) is 7.37. The molecule has 0 unspecified atom stereocenters. The first-order valence-corrected chi connectivity index (χ1v) is 9.99. The average Bonchev–Trinajstić information content (AvgIpc) is 2.78. The number of benzene rings is 2. The van der Waals surface area contributed by atoms with Crippen LogP contribution >= 0.6 is 0 Å². The third-order valence-corrected chi connectivity index (χ3v) is 5.03. The van der Waals surface area contributed by atoms with Gasteiger partial charge in [-0.2, -0.15) is 0 Å². The maximum Gasteiger partial charge on any atom is 0.244 e. The Kier molecular flexibility index (Phi) is 7.67. The normalized spacial score (nSPS) is 15.8. The van der Waals surface area contributed by atoms with E-state index in [9.17, 15) is 18.4 Å². The van der Waals surface area contributed by atoms with Gasteiger partial charge in [-0.25, -0.2) is 8.78 Å². The lowest BCUT2D eigenvalue weighted by Crippen LogP contribution is -2.57. The van der Waals surface area contributed by atoms with Gasteiger partial charge in [0.15, 0.2) is 0 Å². The Bertz CT molecular complexity index is 948. The van der Waals surface area contributed by atoms with E-state index in [1.54, 1.807) is 36.4 Å². The van der Waals surface area contributed by atoms with E-state index < -0.39 is 5.54 Å². The standard InChI is InChI=1S/C24H24F2N2O3/c25-20-7-1-18(2-8-20)5-11-22(29)27-17-24(13-15-31-16-14-24)28-23(30)12-6-19-3-9-21(26)10-4-19/h1-12H,13-17H2,(H,27,29)(H,28,30). The molecule has 5 nitrogen and oxygen atoms in total. The molecule has 0 spiro atoms. The van der Waals surface area contributed by atoms with E-state index in [4.69, 9.17) is 4.74 Å². The van der Waals surface area contributed by atoms with E-state index in [-0.39, 0.29) is 30.0 Å². The van der Waals surface area contributed by atoms with Gasteiger partial charge < -0.3 is 15.4 Å². The molecule has 2 amide bonds. The summed E-state index contributed by atoms with van der Waals surface area (Å²) in [7, 11) is 0. The Hall–Kier alpha value is -3.32. The molecule has 1 heterocycles. The van der Waals surface area contributed by atoms with Crippen LogP contribution in [0.3, 0.4) is 0 Å². The summed E-state index contributed by atoms with van der Waals surface area (Å²) in [5.74, 6) is -1.30. The average molecular weight is 426 g/mol. The Morgan fingerprint density at radius 3 is 1.84 bits per heavy atom. The largest absolute Gasteiger partial charge is 0.381 e. The molecule has 1 aliphatic rings. The summed E-state index contributed by atoms with van der Waals surface area (Å²) in [6.45, 7) is 1.20. The lowest BCUT2D eigenvalue weighted by Gasteiger charge is -2.37. The molecule has 31 heavy (non-hydrogen) atoms. The van der Waals surface area contributed by atoms with Crippen LogP contribution in [-0.2, 0) is 14.3 Å². The molecule has 2 aromatic rings. The first-order valence-electron chi connectivity index (χ1n) is 9.99. The topological polar surface area (TPSA) is 67.4 Å². The lowest BCUT2D eigenvalue weighted by atomic mass is 9.89. The van der Waals surface area contributed by atoms with Gasteiger partial charge in [0.05, 0.1) is 5.54 Å². The minimum absolute atomic E-state index is 0.249. The van der Waals surface area contributed by atoms with Gasteiger partial charge in [-0.1, -0.05) is 24.3 Å². The van der Waals surface area contributed by atoms with Crippen LogP contribution in [-0.4, -0.2) is 37.1 Å². The summed E-state index contributed by atoms with van der Waals surface area (Å²) in [6, 6.07) is 11.6. The van der Waals surface area contributed by atoms with Crippen LogP contribution in [0, 0.1) is 11.6 Å². The molecule has 0 aliphatic carbocycles. The summed E-state index contributed by atoms with van der Waals surface area (Å²) in [5.41, 5.74) is 0.787. The quantitative estimate of drug-likeness (QED) is 0.667. The molecule has 162 valence electrons. The maximum atomic E-state index is 13.0. The van der Waals surface area contributed by atoms with E-state index in [0.717, 1.165) is 0 Å². The molecule has 0 saturated carbocycles. The number of hydrogen-bond donors (Lipinski definition) is 2. The highest BCUT2D eigenvalue weighted by molar-refractivity contribution is 5.93. The van der Waals surface area contributed by atoms with Crippen LogP contribution in [0.4, 0.5) is 8.78 Å². The van der Waals surface area contributed by atoms with Gasteiger partial charge in [0.25, 0.3) is 0 Å². The monoisotopic (exact) mass is 426 g/mol. The zero-order chi connectivity index (χ0) is 22.1. The summed E-state index contributed by atoms with van der Waals surface area (Å²) in [6.07, 6.45) is 7.08. The summed E-state index contributed by atoms with van der Waals surface area (Å²) in [5, 5.41) is 5.81. The first-order chi connectivity index (χ1) is 14.9. The molecule has 7 heteroatoms. The van der Waals surface area contributed by atoms with Crippen LogP contribution in [0.5, 0.6) is 0 Å². The van der Waals surface area contributed by atoms with Gasteiger partial charge in [-0.3, -0.25) is 9.59 Å². The van der Waals surface area contributed by atoms with Crippen LogP contribution < -0.4 is 10.6 Å².